The van der Waals surface area contributed by atoms with Crippen LogP contribution in [-0.2, 0) is 0 Å². The van der Waals surface area contributed by atoms with Gasteiger partial charge in [0.15, 0.2) is 12.0 Å². The molecule has 29 heavy (non-hydrogen) atoms. The second-order valence-corrected chi connectivity index (χ2v) is 7.80. The van der Waals surface area contributed by atoms with E-state index in [1.807, 2.05) is 6.07 Å². The first-order valence-electron chi connectivity index (χ1n) is 8.20. The fourth-order valence-corrected chi connectivity index (χ4v) is 4.39. The molecular formula is C20H11Cl2N3O3S. The molecule has 3 aromatic heterocycles. The summed E-state index contributed by atoms with van der Waals surface area (Å²) >= 11 is 13.9. The smallest absolute Gasteiger partial charge is 0.185 e. The molecule has 0 radical (unpaired) electrons. The third kappa shape index (κ3) is 3.54. The van der Waals surface area contributed by atoms with Crippen molar-refractivity contribution >= 4 is 62.4 Å². The number of ether oxygens (including phenoxy) is 1. The van der Waals surface area contributed by atoms with E-state index in [2.05, 4.69) is 16.4 Å². The van der Waals surface area contributed by atoms with Crippen LogP contribution < -0.4 is 10.1 Å². The monoisotopic (exact) mass is 443 g/mol. The number of pyridine rings is 1. The van der Waals surface area contributed by atoms with Crippen LogP contribution in [0.4, 0.5) is 11.4 Å². The number of fused-ring (bicyclic) bond motifs is 1. The number of aromatic nitrogens is 1. The van der Waals surface area contributed by atoms with E-state index in [1.165, 1.54) is 30.9 Å². The molecule has 0 unspecified atom stereocenters. The number of carbonyl (C=O) groups excluding carboxylic acids is 1. The van der Waals surface area contributed by atoms with Crippen molar-refractivity contribution < 1.29 is 13.9 Å². The van der Waals surface area contributed by atoms with Gasteiger partial charge >= 0.3 is 0 Å². The highest BCUT2D eigenvalue weighted by Gasteiger charge is 2.17. The Morgan fingerprint density at radius 1 is 1.28 bits per heavy atom. The summed E-state index contributed by atoms with van der Waals surface area (Å²) in [7, 11) is 1.51. The number of halogens is 2. The summed E-state index contributed by atoms with van der Waals surface area (Å²) in [5.41, 5.74) is 2.91. The minimum absolute atomic E-state index is 0.238. The predicted octanol–water partition coefficient (Wildman–Crippen LogP) is 6.30. The first-order valence-corrected chi connectivity index (χ1v) is 9.78. The van der Waals surface area contributed by atoms with Crippen LogP contribution in [0.2, 0.25) is 10.0 Å². The Kier molecular flexibility index (Phi) is 5.16. The summed E-state index contributed by atoms with van der Waals surface area (Å²) in [5, 5.41) is 13.6. The lowest BCUT2D eigenvalue weighted by Gasteiger charge is -2.13. The molecule has 0 fully saturated rings. The maximum atomic E-state index is 10.9. The fraction of sp³-hybridized carbons (Fsp3) is 0.0500. The number of benzene rings is 1. The molecular weight excluding hydrogens is 433 g/mol. The Morgan fingerprint density at radius 2 is 2.10 bits per heavy atom. The topological polar surface area (TPSA) is 88.2 Å². The Balaban J connectivity index is 1.85. The Hall–Kier alpha value is -3.05. The molecule has 0 saturated carbocycles. The van der Waals surface area contributed by atoms with Gasteiger partial charge in [-0.3, -0.25) is 9.78 Å². The molecule has 9 heteroatoms. The zero-order valence-corrected chi connectivity index (χ0v) is 17.2. The van der Waals surface area contributed by atoms with Crippen molar-refractivity contribution in [1.82, 2.24) is 4.98 Å². The predicted molar refractivity (Wildman–Crippen MR) is 114 cm³/mol. The lowest BCUT2D eigenvalue weighted by atomic mass is 10.2. The van der Waals surface area contributed by atoms with Crippen LogP contribution in [0.15, 0.2) is 41.1 Å². The van der Waals surface area contributed by atoms with E-state index in [0.29, 0.717) is 44.5 Å². The quantitative estimate of drug-likeness (QED) is 0.364. The van der Waals surface area contributed by atoms with E-state index in [1.54, 1.807) is 18.2 Å². The molecule has 0 aliphatic rings. The highest BCUT2D eigenvalue weighted by atomic mass is 35.5. The molecule has 3 heterocycles. The Labute approximate surface area is 179 Å². The van der Waals surface area contributed by atoms with Crippen LogP contribution in [0.25, 0.3) is 20.7 Å². The van der Waals surface area contributed by atoms with Crippen molar-refractivity contribution in [2.24, 2.45) is 0 Å². The van der Waals surface area contributed by atoms with E-state index in [9.17, 15) is 10.1 Å². The van der Waals surface area contributed by atoms with Crippen molar-refractivity contribution in [3.63, 3.8) is 0 Å². The zero-order valence-electron chi connectivity index (χ0n) is 14.8. The van der Waals surface area contributed by atoms with Gasteiger partial charge in [-0.25, -0.2) is 0 Å². The van der Waals surface area contributed by atoms with Gasteiger partial charge in [-0.15, -0.1) is 11.3 Å². The van der Waals surface area contributed by atoms with Crippen LogP contribution in [0.5, 0.6) is 5.75 Å². The molecule has 0 aliphatic heterocycles. The van der Waals surface area contributed by atoms with Crippen molar-refractivity contribution in [2.45, 2.75) is 0 Å². The molecule has 1 aromatic carbocycles. The highest BCUT2D eigenvalue weighted by molar-refractivity contribution is 7.22. The standard InChI is InChI=1S/C20H11Cl2N3O3S/c1-27-17-4-15(13(21)3-14(17)22)25-19-11(6-23)7-24-16-5-18(29-20(16)19)10-2-12(8-26)28-9-10/h2-5,7-9H,1H3,(H,24,25). The van der Waals surface area contributed by atoms with E-state index in [-0.39, 0.29) is 5.76 Å². The number of nitrogens with one attached hydrogen (secondary N) is 1. The molecule has 0 spiro atoms. The molecule has 4 aromatic rings. The molecule has 0 saturated heterocycles. The number of hydrogen-bond donors (Lipinski definition) is 1. The van der Waals surface area contributed by atoms with Crippen molar-refractivity contribution in [2.75, 3.05) is 12.4 Å². The summed E-state index contributed by atoms with van der Waals surface area (Å²) in [6, 6.07) is 8.90. The molecule has 0 bridgehead atoms. The molecule has 0 atom stereocenters. The second-order valence-electron chi connectivity index (χ2n) is 5.93. The Bertz CT molecular complexity index is 1290. The number of carbonyl (C=O) groups is 1. The van der Waals surface area contributed by atoms with Crippen LogP contribution in [0.1, 0.15) is 16.1 Å². The molecule has 0 aliphatic carbocycles. The van der Waals surface area contributed by atoms with Gasteiger partial charge < -0.3 is 14.5 Å². The number of rotatable bonds is 5. The number of thiophene rings is 1. The van der Waals surface area contributed by atoms with Gasteiger partial charge in [-0.2, -0.15) is 5.26 Å². The average Bonchev–Trinajstić information content (AvgIpc) is 3.36. The maximum absolute atomic E-state index is 10.9. The summed E-state index contributed by atoms with van der Waals surface area (Å²) < 4.78 is 11.2. The van der Waals surface area contributed by atoms with E-state index < -0.39 is 0 Å². The van der Waals surface area contributed by atoms with Gasteiger partial charge in [0.1, 0.15) is 11.8 Å². The van der Waals surface area contributed by atoms with Crippen LogP contribution in [0, 0.1) is 11.3 Å². The van der Waals surface area contributed by atoms with Crippen LogP contribution in [-0.4, -0.2) is 18.4 Å². The molecule has 4 rings (SSSR count). The first kappa shape index (κ1) is 19.3. The van der Waals surface area contributed by atoms with E-state index in [0.717, 1.165) is 15.1 Å². The lowest BCUT2D eigenvalue weighted by Crippen LogP contribution is -1.97. The molecule has 6 nitrogen and oxygen atoms in total. The molecule has 1 N–H and O–H groups in total. The highest BCUT2D eigenvalue weighted by Crippen LogP contribution is 2.42. The summed E-state index contributed by atoms with van der Waals surface area (Å²) in [4.78, 5) is 16.1. The summed E-state index contributed by atoms with van der Waals surface area (Å²) in [6.07, 6.45) is 3.65. The zero-order chi connectivity index (χ0) is 20.5. The molecule has 144 valence electrons. The third-order valence-corrected chi connectivity index (χ3v) is 5.98. The van der Waals surface area contributed by atoms with Crippen molar-refractivity contribution in [3.8, 4) is 22.3 Å². The largest absolute Gasteiger partial charge is 0.495 e. The van der Waals surface area contributed by atoms with Crippen LogP contribution >= 0.6 is 34.5 Å². The normalized spacial score (nSPS) is 10.7. The van der Waals surface area contributed by atoms with Crippen molar-refractivity contribution in [3.05, 3.63) is 58.1 Å². The SMILES string of the molecule is COc1cc(Nc2c(C#N)cnc3cc(-c4coc(C=O)c4)sc23)c(Cl)cc1Cl. The molecule has 0 amide bonds. The number of furan rings is 1. The van der Waals surface area contributed by atoms with Gasteiger partial charge in [-0.1, -0.05) is 23.2 Å². The number of nitriles is 1. The number of anilines is 2. The number of methoxy groups -OCH3 is 1. The van der Waals surface area contributed by atoms with E-state index in [4.69, 9.17) is 32.4 Å². The van der Waals surface area contributed by atoms with Crippen molar-refractivity contribution in [1.29, 1.82) is 5.26 Å². The van der Waals surface area contributed by atoms with E-state index >= 15 is 0 Å². The number of aldehydes is 1. The van der Waals surface area contributed by atoms with Gasteiger partial charge in [0.2, 0.25) is 0 Å². The number of nitrogens with zero attached hydrogens (tertiary/aromatic N) is 2. The number of hydrogen-bond acceptors (Lipinski definition) is 7. The second kappa shape index (κ2) is 7.76. The first-order chi connectivity index (χ1) is 14.0. The van der Waals surface area contributed by atoms with Gasteiger partial charge in [0.05, 0.1) is 50.6 Å². The Morgan fingerprint density at radius 3 is 2.79 bits per heavy atom. The lowest BCUT2D eigenvalue weighted by molar-refractivity contribution is 0.110. The minimum Gasteiger partial charge on any atom is -0.495 e. The van der Waals surface area contributed by atoms with Crippen LogP contribution in [0.3, 0.4) is 0 Å². The summed E-state index contributed by atoms with van der Waals surface area (Å²) in [5.74, 6) is 0.690. The maximum Gasteiger partial charge on any atom is 0.185 e. The fourth-order valence-electron chi connectivity index (χ4n) is 2.79. The summed E-state index contributed by atoms with van der Waals surface area (Å²) in [6.45, 7) is 0. The van der Waals surface area contributed by atoms with Gasteiger partial charge in [0.25, 0.3) is 0 Å². The average molecular weight is 444 g/mol. The minimum atomic E-state index is 0.238. The third-order valence-electron chi connectivity index (χ3n) is 4.18. The van der Waals surface area contributed by atoms with Gasteiger partial charge in [-0.05, 0) is 18.2 Å². The van der Waals surface area contributed by atoms with Gasteiger partial charge in [0, 0.05) is 22.7 Å².